The Bertz CT molecular complexity index is 409. The second kappa shape index (κ2) is 4.55. The van der Waals surface area contributed by atoms with Gasteiger partial charge in [0.2, 0.25) is 5.78 Å². The zero-order chi connectivity index (χ0) is 12.7. The van der Waals surface area contributed by atoms with Crippen molar-refractivity contribution in [2.24, 2.45) is 0 Å². The highest BCUT2D eigenvalue weighted by atomic mass is 35.5. The van der Waals surface area contributed by atoms with Gasteiger partial charge in [-0.15, -0.1) is 0 Å². The van der Waals surface area contributed by atoms with Crippen molar-refractivity contribution in [3.63, 3.8) is 0 Å². The lowest BCUT2D eigenvalue weighted by molar-refractivity contribution is -0.308. The molecule has 1 aliphatic rings. The number of hydrogen-bond donors (Lipinski definition) is 1. The average molecular weight is 305 g/mol. The highest BCUT2D eigenvalue weighted by molar-refractivity contribution is 6.61. The first-order chi connectivity index (χ1) is 7.21. The van der Waals surface area contributed by atoms with Gasteiger partial charge in [-0.1, -0.05) is 46.4 Å². The van der Waals surface area contributed by atoms with Crippen LogP contribution in [0.5, 0.6) is 0 Å². The van der Waals surface area contributed by atoms with E-state index in [2.05, 4.69) is 0 Å². The maximum atomic E-state index is 11.3. The summed E-state index contributed by atoms with van der Waals surface area (Å²) in [5.41, 5.74) is -2.32. The van der Waals surface area contributed by atoms with Crippen LogP contribution in [0.2, 0.25) is 0 Å². The van der Waals surface area contributed by atoms with Gasteiger partial charge in [0, 0.05) is 12.4 Å². The Balaban J connectivity index is 3.37. The molecule has 0 saturated heterocycles. The molecule has 0 atom stereocenters. The molecule has 0 spiro atoms. The first-order valence-corrected chi connectivity index (χ1v) is 5.31. The number of aliphatic carboxylic acids is 1. The van der Waals surface area contributed by atoms with Crippen molar-refractivity contribution in [2.75, 3.05) is 0 Å². The molecule has 1 N–H and O–H groups in total. The fourth-order valence-electron chi connectivity index (χ4n) is 1.12. The van der Waals surface area contributed by atoms with Crippen LogP contribution < -0.4 is 5.11 Å². The van der Waals surface area contributed by atoms with E-state index in [0.717, 1.165) is 0 Å². The van der Waals surface area contributed by atoms with Gasteiger partial charge in [-0.3, -0.25) is 4.79 Å². The van der Waals surface area contributed by atoms with Gasteiger partial charge >= 0.3 is 0 Å². The van der Waals surface area contributed by atoms with Crippen LogP contribution in [0.3, 0.4) is 0 Å². The number of ketones is 1. The minimum absolute atomic E-state index is 0.570. The quantitative estimate of drug-likeness (QED) is 0.819. The summed E-state index contributed by atoms with van der Waals surface area (Å²) < 4.78 is 0. The molecular formula is C8H3Cl4O4-. The fraction of sp³-hybridized carbons (Fsp3) is 0.250. The number of allylic oxidation sites excluding steroid dienone is 2. The standard InChI is InChI=1S/C8H4Cl4O4/c9-3-5(15)4(10)7(12)8(16,6(3)11)1-2(13)14/h16H,1H2,(H,13,14)/p-1. The number of rotatable bonds is 2. The van der Waals surface area contributed by atoms with Gasteiger partial charge in [0.25, 0.3) is 0 Å². The van der Waals surface area contributed by atoms with E-state index in [1.807, 2.05) is 0 Å². The number of aliphatic hydroxyl groups is 1. The molecule has 16 heavy (non-hydrogen) atoms. The fourth-order valence-corrected chi connectivity index (χ4v) is 2.21. The van der Waals surface area contributed by atoms with Crippen molar-refractivity contribution < 1.29 is 19.8 Å². The smallest absolute Gasteiger partial charge is 0.218 e. The minimum Gasteiger partial charge on any atom is -0.550 e. The zero-order valence-electron chi connectivity index (χ0n) is 7.39. The summed E-state index contributed by atoms with van der Waals surface area (Å²) >= 11 is 22.2. The molecule has 0 heterocycles. The summed E-state index contributed by atoms with van der Waals surface area (Å²) in [5.74, 6) is -2.50. The Hall–Kier alpha value is -0.260. The highest BCUT2D eigenvalue weighted by Crippen LogP contribution is 2.44. The number of carboxylic acid groups (broad SMARTS) is 1. The first kappa shape index (κ1) is 13.8. The van der Waals surface area contributed by atoms with E-state index in [0.29, 0.717) is 0 Å². The van der Waals surface area contributed by atoms with Gasteiger partial charge in [-0.2, -0.15) is 0 Å². The first-order valence-electron chi connectivity index (χ1n) is 3.80. The molecule has 1 rings (SSSR count). The van der Waals surface area contributed by atoms with E-state index in [1.54, 1.807) is 0 Å². The third-order valence-electron chi connectivity index (χ3n) is 1.91. The molecule has 0 aliphatic heterocycles. The molecule has 0 amide bonds. The number of Topliss-reactive ketones (excluding diaryl/α,β-unsaturated/α-hetero) is 1. The largest absolute Gasteiger partial charge is 0.550 e. The maximum Gasteiger partial charge on any atom is 0.218 e. The molecule has 0 bridgehead atoms. The Morgan fingerprint density at radius 3 is 1.88 bits per heavy atom. The lowest BCUT2D eigenvalue weighted by Crippen LogP contribution is -2.41. The van der Waals surface area contributed by atoms with Crippen LogP contribution in [0.4, 0.5) is 0 Å². The number of carbonyl (C=O) groups is 2. The van der Waals surface area contributed by atoms with Gasteiger partial charge in [0.05, 0.1) is 10.1 Å². The summed E-state index contributed by atoms with van der Waals surface area (Å²) in [6.45, 7) is 0. The molecule has 88 valence electrons. The Labute approximate surface area is 110 Å². The number of carbonyl (C=O) groups excluding carboxylic acids is 2. The van der Waals surface area contributed by atoms with E-state index in [-0.39, 0.29) is 0 Å². The summed E-state index contributed by atoms with van der Waals surface area (Å²) in [6.07, 6.45) is -0.954. The van der Waals surface area contributed by atoms with Gasteiger partial charge in [-0.05, 0) is 0 Å². The van der Waals surface area contributed by atoms with Crippen molar-refractivity contribution in [3.8, 4) is 0 Å². The van der Waals surface area contributed by atoms with Gasteiger partial charge < -0.3 is 15.0 Å². The molecule has 0 saturated carbocycles. The van der Waals surface area contributed by atoms with E-state index >= 15 is 0 Å². The Morgan fingerprint density at radius 1 is 1.19 bits per heavy atom. The van der Waals surface area contributed by atoms with E-state index in [4.69, 9.17) is 46.4 Å². The van der Waals surface area contributed by atoms with Crippen LogP contribution in [0.25, 0.3) is 0 Å². The molecular weight excluding hydrogens is 302 g/mol. The van der Waals surface area contributed by atoms with Crippen molar-refractivity contribution >= 4 is 58.2 Å². The van der Waals surface area contributed by atoms with Crippen molar-refractivity contribution in [1.82, 2.24) is 0 Å². The predicted octanol–water partition coefficient (Wildman–Crippen LogP) is 0.819. The van der Waals surface area contributed by atoms with Crippen LogP contribution in [0, 0.1) is 0 Å². The van der Waals surface area contributed by atoms with E-state index in [1.165, 1.54) is 0 Å². The average Bonchev–Trinajstić information content (AvgIpc) is 2.21. The number of halogens is 4. The van der Waals surface area contributed by atoms with Gasteiger partial charge in [-0.25, -0.2) is 0 Å². The van der Waals surface area contributed by atoms with Crippen LogP contribution in [-0.4, -0.2) is 22.5 Å². The molecule has 0 unspecified atom stereocenters. The van der Waals surface area contributed by atoms with E-state index in [9.17, 15) is 19.8 Å². The molecule has 0 aromatic heterocycles. The highest BCUT2D eigenvalue weighted by Gasteiger charge is 2.44. The summed E-state index contributed by atoms with van der Waals surface area (Å²) in [5, 5.41) is 18.1. The third-order valence-corrected chi connectivity index (χ3v) is 3.83. The molecule has 8 heteroatoms. The number of carboxylic acids is 1. The molecule has 0 fully saturated rings. The number of hydrogen-bond acceptors (Lipinski definition) is 4. The van der Waals surface area contributed by atoms with Crippen LogP contribution in [0.15, 0.2) is 20.1 Å². The molecule has 1 aliphatic carbocycles. The van der Waals surface area contributed by atoms with E-state index < -0.39 is 43.9 Å². The summed E-state index contributed by atoms with van der Waals surface area (Å²) in [4.78, 5) is 21.8. The summed E-state index contributed by atoms with van der Waals surface area (Å²) in [7, 11) is 0. The van der Waals surface area contributed by atoms with Crippen molar-refractivity contribution in [3.05, 3.63) is 20.1 Å². The predicted molar refractivity (Wildman–Crippen MR) is 57.0 cm³/mol. The second-order valence-electron chi connectivity index (χ2n) is 2.99. The normalized spacial score (nSPS) is 20.4. The van der Waals surface area contributed by atoms with Crippen LogP contribution >= 0.6 is 46.4 Å². The van der Waals surface area contributed by atoms with Crippen LogP contribution in [-0.2, 0) is 9.59 Å². The van der Waals surface area contributed by atoms with Crippen LogP contribution in [0.1, 0.15) is 6.42 Å². The lowest BCUT2D eigenvalue weighted by Gasteiger charge is -2.31. The van der Waals surface area contributed by atoms with Gasteiger partial charge in [0.15, 0.2) is 0 Å². The Morgan fingerprint density at radius 2 is 1.56 bits per heavy atom. The van der Waals surface area contributed by atoms with Crippen molar-refractivity contribution in [1.29, 1.82) is 0 Å². The molecule has 0 radical (unpaired) electrons. The maximum absolute atomic E-state index is 11.3. The summed E-state index contributed by atoms with van der Waals surface area (Å²) in [6, 6.07) is 0. The molecule has 4 nitrogen and oxygen atoms in total. The molecule has 0 aromatic rings. The topological polar surface area (TPSA) is 77.4 Å². The molecule has 0 aromatic carbocycles. The second-order valence-corrected chi connectivity index (χ2v) is 4.51. The minimum atomic E-state index is -2.32. The lowest BCUT2D eigenvalue weighted by atomic mass is 9.93. The Kier molecular flexibility index (Phi) is 3.92. The SMILES string of the molecule is O=C([O-])CC1(O)C(Cl)=C(Cl)C(=O)C(Cl)=C1Cl. The zero-order valence-corrected chi connectivity index (χ0v) is 10.4. The monoisotopic (exact) mass is 303 g/mol. The van der Waals surface area contributed by atoms with Crippen molar-refractivity contribution in [2.45, 2.75) is 12.0 Å². The third kappa shape index (κ3) is 2.08. The van der Waals surface area contributed by atoms with Gasteiger partial charge in [0.1, 0.15) is 15.7 Å².